The molecule has 1 unspecified atom stereocenters. The van der Waals surface area contributed by atoms with Crippen LogP contribution in [0.25, 0.3) is 0 Å². The van der Waals surface area contributed by atoms with E-state index in [-0.39, 0.29) is 5.91 Å². The third-order valence-electron chi connectivity index (χ3n) is 2.52. The van der Waals surface area contributed by atoms with E-state index in [0.29, 0.717) is 31.0 Å². The zero-order valence-corrected chi connectivity index (χ0v) is 9.76. The molecule has 0 aliphatic carbocycles. The van der Waals surface area contributed by atoms with E-state index < -0.39 is 16.7 Å². The minimum atomic E-state index is -0.773. The van der Waals surface area contributed by atoms with Gasteiger partial charge in [-0.15, -0.1) is 0 Å². The summed E-state index contributed by atoms with van der Waals surface area (Å²) >= 11 is 0. The SMILES string of the molecule is CCCC(C#N)C(=O)N1CCS(=O)CC1. The fraction of sp³-hybridized carbons (Fsp3) is 0.800. The Hall–Kier alpha value is -0.890. The van der Waals surface area contributed by atoms with Crippen LogP contribution in [0.2, 0.25) is 0 Å². The summed E-state index contributed by atoms with van der Waals surface area (Å²) in [6, 6.07) is 2.04. The molecule has 1 saturated heterocycles. The van der Waals surface area contributed by atoms with Gasteiger partial charge in [-0.2, -0.15) is 5.26 Å². The molecule has 1 heterocycles. The van der Waals surface area contributed by atoms with Crippen LogP contribution in [0.3, 0.4) is 0 Å². The maximum Gasteiger partial charge on any atom is 0.239 e. The molecule has 0 saturated carbocycles. The molecular weight excluding hydrogens is 212 g/mol. The van der Waals surface area contributed by atoms with Gasteiger partial charge in [0.05, 0.1) is 6.07 Å². The van der Waals surface area contributed by atoms with Gasteiger partial charge in [0.15, 0.2) is 0 Å². The lowest BCUT2D eigenvalue weighted by Gasteiger charge is -2.27. The van der Waals surface area contributed by atoms with E-state index in [1.807, 2.05) is 13.0 Å². The summed E-state index contributed by atoms with van der Waals surface area (Å²) in [5, 5.41) is 8.85. The van der Waals surface area contributed by atoms with Gasteiger partial charge in [0.25, 0.3) is 0 Å². The molecule has 1 amide bonds. The Balaban J connectivity index is 2.52. The fourth-order valence-electron chi connectivity index (χ4n) is 1.61. The Kier molecular flexibility index (Phi) is 4.76. The van der Waals surface area contributed by atoms with Gasteiger partial charge in [-0.05, 0) is 6.42 Å². The van der Waals surface area contributed by atoms with E-state index >= 15 is 0 Å². The average molecular weight is 228 g/mol. The molecule has 0 radical (unpaired) electrons. The molecule has 1 atom stereocenters. The van der Waals surface area contributed by atoms with Crippen molar-refractivity contribution in [1.29, 1.82) is 5.26 Å². The molecule has 0 aromatic rings. The first-order valence-corrected chi connectivity index (χ1v) is 6.71. The maximum atomic E-state index is 11.8. The van der Waals surface area contributed by atoms with E-state index in [9.17, 15) is 9.00 Å². The van der Waals surface area contributed by atoms with E-state index in [1.54, 1.807) is 4.90 Å². The van der Waals surface area contributed by atoms with Gasteiger partial charge in [0, 0.05) is 35.4 Å². The minimum Gasteiger partial charge on any atom is -0.340 e. The van der Waals surface area contributed by atoms with Crippen LogP contribution in [0.1, 0.15) is 19.8 Å². The lowest BCUT2D eigenvalue weighted by molar-refractivity contribution is -0.133. The van der Waals surface area contributed by atoms with E-state index in [1.165, 1.54) is 0 Å². The van der Waals surface area contributed by atoms with Crippen molar-refractivity contribution in [3.8, 4) is 6.07 Å². The molecule has 0 N–H and O–H groups in total. The molecule has 5 heteroatoms. The zero-order valence-electron chi connectivity index (χ0n) is 8.94. The maximum absolute atomic E-state index is 11.8. The molecule has 0 bridgehead atoms. The van der Waals surface area contributed by atoms with Crippen LogP contribution in [0.5, 0.6) is 0 Å². The standard InChI is InChI=1S/C10H16N2O2S/c1-2-3-9(8-11)10(13)12-4-6-15(14)7-5-12/h9H,2-7H2,1H3. The van der Waals surface area contributed by atoms with Crippen molar-refractivity contribution in [2.24, 2.45) is 5.92 Å². The van der Waals surface area contributed by atoms with Crippen LogP contribution < -0.4 is 0 Å². The highest BCUT2D eigenvalue weighted by molar-refractivity contribution is 7.85. The van der Waals surface area contributed by atoms with Gasteiger partial charge in [0.1, 0.15) is 5.92 Å². The highest BCUT2D eigenvalue weighted by atomic mass is 32.2. The third kappa shape index (κ3) is 3.31. The molecule has 0 aromatic carbocycles. The predicted molar refractivity (Wildman–Crippen MR) is 58.5 cm³/mol. The second-order valence-corrected chi connectivity index (χ2v) is 5.34. The quantitative estimate of drug-likeness (QED) is 0.707. The van der Waals surface area contributed by atoms with Gasteiger partial charge in [-0.1, -0.05) is 13.3 Å². The Bertz CT molecular complexity index is 288. The monoisotopic (exact) mass is 228 g/mol. The summed E-state index contributed by atoms with van der Waals surface area (Å²) in [5.41, 5.74) is 0. The van der Waals surface area contributed by atoms with Crippen molar-refractivity contribution in [3.05, 3.63) is 0 Å². The van der Waals surface area contributed by atoms with Gasteiger partial charge in [0.2, 0.25) is 5.91 Å². The first-order chi connectivity index (χ1) is 7.19. The van der Waals surface area contributed by atoms with Crippen LogP contribution in [-0.4, -0.2) is 39.6 Å². The van der Waals surface area contributed by atoms with E-state index in [4.69, 9.17) is 5.26 Å². The van der Waals surface area contributed by atoms with Gasteiger partial charge >= 0.3 is 0 Å². The molecule has 15 heavy (non-hydrogen) atoms. The number of nitriles is 1. The van der Waals surface area contributed by atoms with Crippen molar-refractivity contribution in [1.82, 2.24) is 4.90 Å². The molecular formula is C10H16N2O2S. The molecule has 1 fully saturated rings. The molecule has 4 nitrogen and oxygen atoms in total. The summed E-state index contributed by atoms with van der Waals surface area (Å²) in [4.78, 5) is 13.5. The van der Waals surface area contributed by atoms with Crippen molar-refractivity contribution in [2.45, 2.75) is 19.8 Å². The summed E-state index contributed by atoms with van der Waals surface area (Å²) in [6.07, 6.45) is 1.46. The number of carbonyl (C=O) groups is 1. The Labute approximate surface area is 92.7 Å². The smallest absolute Gasteiger partial charge is 0.239 e. The Morgan fingerprint density at radius 3 is 2.60 bits per heavy atom. The van der Waals surface area contributed by atoms with Crippen LogP contribution in [0.15, 0.2) is 0 Å². The molecule has 0 spiro atoms. The summed E-state index contributed by atoms with van der Waals surface area (Å²) in [5.74, 6) is 0.504. The van der Waals surface area contributed by atoms with Crippen molar-refractivity contribution in [3.63, 3.8) is 0 Å². The lowest BCUT2D eigenvalue weighted by atomic mass is 10.0. The van der Waals surface area contributed by atoms with E-state index in [0.717, 1.165) is 6.42 Å². The summed E-state index contributed by atoms with van der Waals surface area (Å²) in [6.45, 7) is 3.03. The highest BCUT2D eigenvalue weighted by Gasteiger charge is 2.26. The molecule has 1 aliphatic rings. The van der Waals surface area contributed by atoms with Gasteiger partial charge in [-0.25, -0.2) is 0 Å². The van der Waals surface area contributed by atoms with Crippen molar-refractivity contribution < 1.29 is 9.00 Å². The third-order valence-corrected chi connectivity index (χ3v) is 3.80. The van der Waals surface area contributed by atoms with Crippen LogP contribution in [0.4, 0.5) is 0 Å². The molecule has 0 aromatic heterocycles. The normalized spacial score (nSPS) is 19.6. The highest BCUT2D eigenvalue weighted by Crippen LogP contribution is 2.11. The van der Waals surface area contributed by atoms with Crippen molar-refractivity contribution >= 4 is 16.7 Å². The summed E-state index contributed by atoms with van der Waals surface area (Å²) < 4.78 is 11.1. The van der Waals surface area contributed by atoms with Crippen LogP contribution >= 0.6 is 0 Å². The Morgan fingerprint density at radius 1 is 1.53 bits per heavy atom. The first kappa shape index (κ1) is 12.2. The largest absolute Gasteiger partial charge is 0.340 e. The molecule has 1 aliphatic heterocycles. The molecule has 84 valence electrons. The number of hydrogen-bond donors (Lipinski definition) is 0. The zero-order chi connectivity index (χ0) is 11.3. The average Bonchev–Trinajstić information content (AvgIpc) is 2.26. The topological polar surface area (TPSA) is 61.2 Å². The minimum absolute atomic E-state index is 0.0870. The predicted octanol–water partition coefficient (Wildman–Crippen LogP) is 0.517. The second-order valence-electron chi connectivity index (χ2n) is 3.64. The number of carbonyl (C=O) groups excluding carboxylic acids is 1. The second kappa shape index (κ2) is 5.86. The Morgan fingerprint density at radius 2 is 2.13 bits per heavy atom. The van der Waals surface area contributed by atoms with Gasteiger partial charge < -0.3 is 4.90 Å². The van der Waals surface area contributed by atoms with Crippen LogP contribution in [-0.2, 0) is 15.6 Å². The summed E-state index contributed by atoms with van der Waals surface area (Å²) in [7, 11) is -0.773. The molecule has 1 rings (SSSR count). The first-order valence-electron chi connectivity index (χ1n) is 5.22. The fourth-order valence-corrected chi connectivity index (χ4v) is 2.66. The number of amides is 1. The number of rotatable bonds is 3. The van der Waals surface area contributed by atoms with Crippen molar-refractivity contribution in [2.75, 3.05) is 24.6 Å². The van der Waals surface area contributed by atoms with Gasteiger partial charge in [-0.3, -0.25) is 9.00 Å². The number of nitrogens with zero attached hydrogens (tertiary/aromatic N) is 2. The van der Waals surface area contributed by atoms with E-state index in [2.05, 4.69) is 0 Å². The van der Waals surface area contributed by atoms with Crippen LogP contribution in [0, 0.1) is 17.2 Å². The number of hydrogen-bond acceptors (Lipinski definition) is 3. The lowest BCUT2D eigenvalue weighted by Crippen LogP contribution is -2.44.